The van der Waals surface area contributed by atoms with Crippen molar-refractivity contribution < 1.29 is 13.5 Å². The summed E-state index contributed by atoms with van der Waals surface area (Å²) < 4.78 is 32.7. The molecule has 0 heterocycles. The summed E-state index contributed by atoms with van der Waals surface area (Å²) >= 11 is 0. The number of anilines is 1. The van der Waals surface area contributed by atoms with Crippen molar-refractivity contribution in [1.29, 1.82) is 0 Å². The predicted octanol–water partition coefficient (Wildman–Crippen LogP) is 4.56. The SMILES string of the molecule is CCC(F)(F)c1cccc(Oc2ccc(N)cc2)c1. The van der Waals surface area contributed by atoms with Crippen LogP contribution in [0.3, 0.4) is 0 Å². The first kappa shape index (κ1) is 13.3. The molecule has 0 aliphatic rings. The molecule has 0 saturated heterocycles. The number of rotatable bonds is 4. The van der Waals surface area contributed by atoms with Crippen LogP contribution in [-0.2, 0) is 5.92 Å². The molecule has 0 fully saturated rings. The van der Waals surface area contributed by atoms with Gasteiger partial charge in [-0.05, 0) is 36.4 Å². The molecule has 0 unspecified atom stereocenters. The quantitative estimate of drug-likeness (QED) is 0.820. The van der Waals surface area contributed by atoms with Gasteiger partial charge in [0.1, 0.15) is 11.5 Å². The first-order valence-corrected chi connectivity index (χ1v) is 6.03. The molecule has 2 rings (SSSR count). The van der Waals surface area contributed by atoms with Gasteiger partial charge in [-0.2, -0.15) is 0 Å². The standard InChI is InChI=1S/C15H15F2NO/c1-2-15(16,17)11-4-3-5-14(10-11)19-13-8-6-12(18)7-9-13/h3-10H,2,18H2,1H3. The van der Waals surface area contributed by atoms with Crippen LogP contribution in [0.5, 0.6) is 11.5 Å². The number of hydrogen-bond acceptors (Lipinski definition) is 2. The molecule has 0 bridgehead atoms. The molecule has 0 saturated carbocycles. The van der Waals surface area contributed by atoms with Gasteiger partial charge in [0.2, 0.25) is 0 Å². The lowest BCUT2D eigenvalue weighted by Gasteiger charge is -2.15. The van der Waals surface area contributed by atoms with Crippen LogP contribution in [0.2, 0.25) is 0 Å². The molecular weight excluding hydrogens is 248 g/mol. The Bertz CT molecular complexity index is 552. The third-order valence-corrected chi connectivity index (χ3v) is 2.82. The minimum atomic E-state index is -2.83. The van der Waals surface area contributed by atoms with Crippen molar-refractivity contribution in [2.45, 2.75) is 19.3 Å². The van der Waals surface area contributed by atoms with Gasteiger partial charge in [0.25, 0.3) is 5.92 Å². The summed E-state index contributed by atoms with van der Waals surface area (Å²) in [6.07, 6.45) is -0.238. The maximum Gasteiger partial charge on any atom is 0.273 e. The number of hydrogen-bond donors (Lipinski definition) is 1. The molecule has 0 spiro atoms. The molecule has 0 atom stereocenters. The minimum absolute atomic E-state index is 0.0389. The first-order chi connectivity index (χ1) is 9.01. The van der Waals surface area contributed by atoms with Crippen LogP contribution in [0.4, 0.5) is 14.5 Å². The van der Waals surface area contributed by atoms with Crippen molar-refractivity contribution in [3.05, 3.63) is 54.1 Å². The molecular formula is C15H15F2NO. The van der Waals surface area contributed by atoms with Crippen molar-refractivity contribution in [2.75, 3.05) is 5.73 Å². The summed E-state index contributed by atoms with van der Waals surface area (Å²) in [5, 5.41) is 0. The normalized spacial score (nSPS) is 11.3. The summed E-state index contributed by atoms with van der Waals surface area (Å²) in [4.78, 5) is 0. The molecule has 2 aromatic carbocycles. The second-order valence-corrected chi connectivity index (χ2v) is 4.26. The Balaban J connectivity index is 2.22. The fraction of sp³-hybridized carbons (Fsp3) is 0.200. The Morgan fingerprint density at radius 3 is 2.37 bits per heavy atom. The van der Waals surface area contributed by atoms with E-state index in [0.717, 1.165) is 0 Å². The monoisotopic (exact) mass is 263 g/mol. The third kappa shape index (κ3) is 3.22. The number of nitrogen functional groups attached to an aromatic ring is 1. The largest absolute Gasteiger partial charge is 0.457 e. The Morgan fingerprint density at radius 1 is 1.05 bits per heavy atom. The van der Waals surface area contributed by atoms with Crippen LogP contribution in [-0.4, -0.2) is 0 Å². The third-order valence-electron chi connectivity index (χ3n) is 2.82. The van der Waals surface area contributed by atoms with E-state index >= 15 is 0 Å². The zero-order chi connectivity index (χ0) is 13.9. The number of alkyl halides is 2. The van der Waals surface area contributed by atoms with E-state index in [9.17, 15) is 8.78 Å². The summed E-state index contributed by atoms with van der Waals surface area (Å²) in [6.45, 7) is 1.45. The second kappa shape index (κ2) is 5.26. The Hall–Kier alpha value is -2.10. The van der Waals surface area contributed by atoms with Crippen LogP contribution >= 0.6 is 0 Å². The lowest BCUT2D eigenvalue weighted by Crippen LogP contribution is -2.11. The van der Waals surface area contributed by atoms with Crippen molar-refractivity contribution in [2.24, 2.45) is 0 Å². The van der Waals surface area contributed by atoms with E-state index in [1.807, 2.05) is 0 Å². The van der Waals surface area contributed by atoms with Gasteiger partial charge in [-0.3, -0.25) is 0 Å². The highest BCUT2D eigenvalue weighted by molar-refractivity contribution is 5.43. The maximum absolute atomic E-state index is 13.6. The Labute approximate surface area is 110 Å². The van der Waals surface area contributed by atoms with Gasteiger partial charge in [-0.25, -0.2) is 8.78 Å². The van der Waals surface area contributed by atoms with Crippen LogP contribution in [0.1, 0.15) is 18.9 Å². The van der Waals surface area contributed by atoms with Gasteiger partial charge in [0.05, 0.1) is 0 Å². The molecule has 100 valence electrons. The van der Waals surface area contributed by atoms with Crippen molar-refractivity contribution in [1.82, 2.24) is 0 Å². The van der Waals surface area contributed by atoms with E-state index in [2.05, 4.69) is 0 Å². The summed E-state index contributed by atoms with van der Waals surface area (Å²) in [6, 6.07) is 12.7. The van der Waals surface area contributed by atoms with Crippen LogP contribution in [0.25, 0.3) is 0 Å². The lowest BCUT2D eigenvalue weighted by molar-refractivity contribution is -0.00843. The molecule has 0 aromatic heterocycles. The van der Waals surface area contributed by atoms with E-state index < -0.39 is 5.92 Å². The maximum atomic E-state index is 13.6. The molecule has 4 heteroatoms. The van der Waals surface area contributed by atoms with Crippen molar-refractivity contribution >= 4 is 5.69 Å². The van der Waals surface area contributed by atoms with E-state index in [1.54, 1.807) is 36.4 Å². The molecule has 2 N–H and O–H groups in total. The van der Waals surface area contributed by atoms with E-state index in [4.69, 9.17) is 10.5 Å². The number of ether oxygens (including phenoxy) is 1. The summed E-state index contributed by atoms with van der Waals surface area (Å²) in [7, 11) is 0. The number of halogens is 2. The number of nitrogens with two attached hydrogens (primary N) is 1. The Kier molecular flexibility index (Phi) is 3.69. The average molecular weight is 263 g/mol. The highest BCUT2D eigenvalue weighted by Crippen LogP contribution is 2.34. The summed E-state index contributed by atoms with van der Waals surface area (Å²) in [5.41, 5.74) is 6.15. The van der Waals surface area contributed by atoms with Crippen LogP contribution in [0.15, 0.2) is 48.5 Å². The van der Waals surface area contributed by atoms with E-state index in [1.165, 1.54) is 19.1 Å². The fourth-order valence-electron chi connectivity index (χ4n) is 1.66. The van der Waals surface area contributed by atoms with Gasteiger partial charge in [-0.15, -0.1) is 0 Å². The molecule has 0 radical (unpaired) electrons. The smallest absolute Gasteiger partial charge is 0.273 e. The molecule has 0 aliphatic heterocycles. The van der Waals surface area contributed by atoms with Crippen molar-refractivity contribution in [3.8, 4) is 11.5 Å². The number of benzene rings is 2. The lowest BCUT2D eigenvalue weighted by atomic mass is 10.1. The predicted molar refractivity (Wildman–Crippen MR) is 71.6 cm³/mol. The Morgan fingerprint density at radius 2 is 1.74 bits per heavy atom. The second-order valence-electron chi connectivity index (χ2n) is 4.26. The van der Waals surface area contributed by atoms with E-state index in [-0.39, 0.29) is 12.0 Å². The van der Waals surface area contributed by atoms with Crippen LogP contribution in [0, 0.1) is 0 Å². The average Bonchev–Trinajstić information content (AvgIpc) is 2.42. The molecule has 2 nitrogen and oxygen atoms in total. The molecule has 0 amide bonds. The van der Waals surface area contributed by atoms with Gasteiger partial charge < -0.3 is 10.5 Å². The van der Waals surface area contributed by atoms with Gasteiger partial charge in [0, 0.05) is 17.7 Å². The summed E-state index contributed by atoms with van der Waals surface area (Å²) in [5.74, 6) is -1.89. The van der Waals surface area contributed by atoms with E-state index in [0.29, 0.717) is 17.2 Å². The van der Waals surface area contributed by atoms with Crippen LogP contribution < -0.4 is 10.5 Å². The fourth-order valence-corrected chi connectivity index (χ4v) is 1.66. The molecule has 0 aliphatic carbocycles. The highest BCUT2D eigenvalue weighted by atomic mass is 19.3. The van der Waals surface area contributed by atoms with Gasteiger partial charge in [-0.1, -0.05) is 19.1 Å². The van der Waals surface area contributed by atoms with Gasteiger partial charge in [0.15, 0.2) is 0 Å². The zero-order valence-electron chi connectivity index (χ0n) is 10.6. The van der Waals surface area contributed by atoms with Gasteiger partial charge >= 0.3 is 0 Å². The van der Waals surface area contributed by atoms with Crippen molar-refractivity contribution in [3.63, 3.8) is 0 Å². The zero-order valence-corrected chi connectivity index (χ0v) is 10.6. The highest BCUT2D eigenvalue weighted by Gasteiger charge is 2.29. The molecule has 2 aromatic rings. The molecule has 19 heavy (non-hydrogen) atoms. The topological polar surface area (TPSA) is 35.2 Å². The first-order valence-electron chi connectivity index (χ1n) is 6.03. The minimum Gasteiger partial charge on any atom is -0.457 e.